The highest BCUT2D eigenvalue weighted by molar-refractivity contribution is 5.85. The quantitative estimate of drug-likeness (QED) is 0.759. The maximum Gasteiger partial charge on any atom is 0.335 e. The van der Waals surface area contributed by atoms with E-state index in [4.69, 9.17) is 9.57 Å². The number of quaternary nitrogens is 1. The zero-order valence-corrected chi connectivity index (χ0v) is 17.4. The summed E-state index contributed by atoms with van der Waals surface area (Å²) in [7, 11) is 3.30. The highest BCUT2D eigenvalue weighted by atomic mass is 35.5. The van der Waals surface area contributed by atoms with Crippen molar-refractivity contribution in [2.45, 2.75) is 12.8 Å². The Morgan fingerprint density at radius 1 is 1.17 bits per heavy atom. The van der Waals surface area contributed by atoms with Crippen LogP contribution in [0.3, 0.4) is 0 Å². The van der Waals surface area contributed by atoms with Crippen molar-refractivity contribution >= 4 is 35.8 Å². The number of rotatable bonds is 4. The van der Waals surface area contributed by atoms with E-state index in [1.807, 2.05) is 6.20 Å². The van der Waals surface area contributed by atoms with Crippen LogP contribution >= 0.6 is 12.4 Å². The molecule has 1 aromatic heterocycles. The number of halogens is 2. The Morgan fingerprint density at radius 3 is 2.70 bits per heavy atom. The fourth-order valence-corrected chi connectivity index (χ4v) is 4.15. The number of hydrogen-bond donors (Lipinski definition) is 1. The summed E-state index contributed by atoms with van der Waals surface area (Å²) in [5.74, 6) is 0.975. The number of anilines is 2. The number of aromatic nitrogens is 2. The maximum absolute atomic E-state index is 13.3. The lowest BCUT2D eigenvalue weighted by Gasteiger charge is -2.34. The Balaban J connectivity index is 0.00000218. The van der Waals surface area contributed by atoms with E-state index in [9.17, 15) is 4.39 Å². The van der Waals surface area contributed by atoms with Gasteiger partial charge in [-0.15, -0.1) is 17.5 Å². The molecule has 0 radical (unpaired) electrons. The Labute approximate surface area is 179 Å². The summed E-state index contributed by atoms with van der Waals surface area (Å²) >= 11 is 0. The number of nitrogens with zero attached hydrogens (tertiary/aromatic N) is 3. The minimum atomic E-state index is -0.290. The van der Waals surface area contributed by atoms with Gasteiger partial charge in [-0.1, -0.05) is 16.8 Å². The summed E-state index contributed by atoms with van der Waals surface area (Å²) in [6.07, 6.45) is 12.0. The molecular weight excluding hydrogens is 407 g/mol. The zero-order valence-electron chi connectivity index (χ0n) is 16.6. The average molecular weight is 428 g/mol. The van der Waals surface area contributed by atoms with Crippen LogP contribution in [0.2, 0.25) is 0 Å². The van der Waals surface area contributed by atoms with E-state index in [-0.39, 0.29) is 22.9 Å². The maximum atomic E-state index is 13.3. The Morgan fingerprint density at radius 2 is 1.97 bits per heavy atom. The first-order valence-corrected chi connectivity index (χ1v) is 9.39. The average Bonchev–Trinajstić information content (AvgIpc) is 3.11. The molecule has 5 rings (SSSR count). The van der Waals surface area contributed by atoms with Gasteiger partial charge < -0.3 is 10.1 Å². The molecule has 1 aromatic carbocycles. The predicted molar refractivity (Wildman–Crippen MR) is 114 cm³/mol. The summed E-state index contributed by atoms with van der Waals surface area (Å²) in [5, 5.41) is 13.6. The van der Waals surface area contributed by atoms with E-state index >= 15 is 0 Å². The van der Waals surface area contributed by atoms with Gasteiger partial charge in [-0.05, 0) is 42.7 Å². The molecule has 1 atom stereocenters. The summed E-state index contributed by atoms with van der Waals surface area (Å²) < 4.78 is 19.1. The monoisotopic (exact) mass is 427 g/mol. The molecule has 2 aromatic rings. The molecular formula is C22H21ClFN4O2+. The molecule has 0 fully saturated rings. The molecule has 1 N–H and O–H groups in total. The molecule has 8 heteroatoms. The van der Waals surface area contributed by atoms with Crippen LogP contribution in [0, 0.1) is 5.82 Å². The minimum Gasteiger partial charge on any atom is -0.452 e. The number of hydroxylamine groups is 3. The van der Waals surface area contributed by atoms with Crippen molar-refractivity contribution in [1.82, 2.24) is 10.2 Å². The van der Waals surface area contributed by atoms with Gasteiger partial charge in [0.1, 0.15) is 5.82 Å². The van der Waals surface area contributed by atoms with Crippen molar-refractivity contribution in [2.75, 3.05) is 19.5 Å². The summed E-state index contributed by atoms with van der Waals surface area (Å²) in [6, 6.07) is 6.16. The van der Waals surface area contributed by atoms with Crippen LogP contribution in [-0.4, -0.2) is 29.1 Å². The normalized spacial score (nSPS) is 21.0. The predicted octanol–water partition coefficient (Wildman–Crippen LogP) is 3.17. The van der Waals surface area contributed by atoms with Crippen molar-refractivity contribution in [1.29, 1.82) is 0 Å². The second-order valence-corrected chi connectivity index (χ2v) is 7.04. The summed E-state index contributed by atoms with van der Waals surface area (Å²) in [5.41, 5.74) is 3.97. The molecule has 3 heterocycles. The van der Waals surface area contributed by atoms with E-state index < -0.39 is 0 Å². The molecule has 0 amide bonds. The van der Waals surface area contributed by atoms with Crippen molar-refractivity contribution in [2.24, 2.45) is 0 Å². The van der Waals surface area contributed by atoms with Gasteiger partial charge in [0.2, 0.25) is 0 Å². The topological polar surface area (TPSA) is 56.3 Å². The van der Waals surface area contributed by atoms with E-state index in [2.05, 4.69) is 33.7 Å². The second-order valence-electron chi connectivity index (χ2n) is 7.04. The van der Waals surface area contributed by atoms with Crippen molar-refractivity contribution in [3.05, 3.63) is 82.0 Å². The lowest BCUT2D eigenvalue weighted by atomic mass is 9.91. The highest BCUT2D eigenvalue weighted by Crippen LogP contribution is 2.43. The van der Waals surface area contributed by atoms with Gasteiger partial charge in [0.05, 0.1) is 30.9 Å². The van der Waals surface area contributed by atoms with Gasteiger partial charge in [-0.3, -0.25) is 0 Å². The number of fused-ring (bicyclic) bond motifs is 3. The number of nitrogens with one attached hydrogen (secondary N) is 1. The van der Waals surface area contributed by atoms with Crippen molar-refractivity contribution in [3.8, 4) is 0 Å². The van der Waals surface area contributed by atoms with Crippen molar-refractivity contribution < 1.29 is 18.6 Å². The van der Waals surface area contributed by atoms with Gasteiger partial charge in [0, 0.05) is 17.3 Å². The SMILES string of the molecule is COC1=CC2=C(C=CCC2)C2=c3c(Nc4ccc(F)cc4)nncc3=C[N+]12OC.Cl. The fourth-order valence-electron chi connectivity index (χ4n) is 4.15. The van der Waals surface area contributed by atoms with E-state index in [0.29, 0.717) is 11.7 Å². The third-order valence-corrected chi connectivity index (χ3v) is 5.47. The molecule has 3 aliphatic rings. The molecule has 0 bridgehead atoms. The van der Waals surface area contributed by atoms with Gasteiger partial charge in [0.15, 0.2) is 17.7 Å². The third kappa shape index (κ3) is 2.94. The third-order valence-electron chi connectivity index (χ3n) is 5.47. The first-order chi connectivity index (χ1) is 14.2. The van der Waals surface area contributed by atoms with E-state index in [1.165, 1.54) is 17.7 Å². The molecule has 0 saturated heterocycles. The molecule has 0 saturated carbocycles. The molecule has 30 heavy (non-hydrogen) atoms. The van der Waals surface area contributed by atoms with Gasteiger partial charge in [-0.25, -0.2) is 4.39 Å². The van der Waals surface area contributed by atoms with Crippen molar-refractivity contribution in [3.63, 3.8) is 0 Å². The van der Waals surface area contributed by atoms with E-state index in [1.54, 1.807) is 32.5 Å². The lowest BCUT2D eigenvalue weighted by Crippen LogP contribution is -2.42. The number of benzene rings is 1. The van der Waals surface area contributed by atoms with Crippen LogP contribution in [-0.2, 0) is 9.57 Å². The molecule has 154 valence electrons. The smallest absolute Gasteiger partial charge is 0.335 e. The largest absolute Gasteiger partial charge is 0.452 e. The number of hydrogen-bond acceptors (Lipinski definition) is 5. The van der Waals surface area contributed by atoms with Gasteiger partial charge >= 0.3 is 5.88 Å². The van der Waals surface area contributed by atoms with Crippen LogP contribution in [0.15, 0.2) is 65.7 Å². The molecule has 1 unspecified atom stereocenters. The first-order valence-electron chi connectivity index (χ1n) is 9.39. The van der Waals surface area contributed by atoms with E-state index in [0.717, 1.165) is 40.2 Å². The highest BCUT2D eigenvalue weighted by Gasteiger charge is 2.49. The van der Waals surface area contributed by atoms with Crippen LogP contribution in [0.5, 0.6) is 0 Å². The summed E-state index contributed by atoms with van der Waals surface area (Å²) in [6.45, 7) is 0. The Hall–Kier alpha value is -3.00. The zero-order chi connectivity index (χ0) is 20.0. The van der Waals surface area contributed by atoms with Crippen LogP contribution in [0.1, 0.15) is 12.8 Å². The molecule has 6 nitrogen and oxygen atoms in total. The first kappa shape index (κ1) is 20.3. The standard InChI is InChI=1S/C22H20FN4O2.ClH/c1-28-19-11-14-5-3-4-6-18(14)21-20-15(13-27(19,21)29-2)12-24-26-22(20)25-17-9-7-16(23)8-10-17;/h4,6-13H,3,5H2,1-2H3,(H,25,26);1H/q+1;. The van der Waals surface area contributed by atoms with Crippen LogP contribution in [0.4, 0.5) is 15.9 Å². The number of ether oxygens (including phenoxy) is 1. The minimum absolute atomic E-state index is 0. The Bertz CT molecular complexity index is 1220. The van der Waals surface area contributed by atoms with Crippen LogP contribution in [0.25, 0.3) is 11.9 Å². The summed E-state index contributed by atoms with van der Waals surface area (Å²) in [4.78, 5) is 6.01. The molecule has 1 aliphatic carbocycles. The number of allylic oxidation sites excluding steroid dienone is 3. The van der Waals surface area contributed by atoms with Crippen LogP contribution < -0.4 is 15.8 Å². The Kier molecular flexibility index (Phi) is 5.19. The van der Waals surface area contributed by atoms with Gasteiger partial charge in [-0.2, -0.15) is 9.94 Å². The fraction of sp³-hybridized carbons (Fsp3) is 0.182. The molecule has 0 spiro atoms. The molecule has 2 aliphatic heterocycles. The lowest BCUT2D eigenvalue weighted by molar-refractivity contribution is -0.962. The van der Waals surface area contributed by atoms with Gasteiger partial charge in [0.25, 0.3) is 0 Å². The second kappa shape index (κ2) is 7.68. The number of methoxy groups -OCH3 is 1.